The Bertz CT molecular complexity index is 729. The molecule has 19 heavy (non-hydrogen) atoms. The van der Waals surface area contributed by atoms with E-state index in [4.69, 9.17) is 0 Å². The standard InChI is InChI=1S/C12H9N5O2/c1-6-13-12(16-14-6)17-15-9-10(18)7-4-2-3-5-8(7)11(9)19/h2-5,18H,1H3,(H,13,14,16)/b17-15+. The summed E-state index contributed by atoms with van der Waals surface area (Å²) in [6.07, 6.45) is 0. The molecule has 0 unspecified atom stereocenters. The van der Waals surface area contributed by atoms with Crippen molar-refractivity contribution in [2.24, 2.45) is 10.2 Å². The van der Waals surface area contributed by atoms with Crippen LogP contribution in [0.3, 0.4) is 0 Å². The van der Waals surface area contributed by atoms with Crippen molar-refractivity contribution < 1.29 is 9.90 Å². The van der Waals surface area contributed by atoms with Gasteiger partial charge in [-0.2, -0.15) is 0 Å². The van der Waals surface area contributed by atoms with Gasteiger partial charge in [-0.1, -0.05) is 24.3 Å². The number of hydrogen-bond donors (Lipinski definition) is 2. The molecule has 7 heteroatoms. The van der Waals surface area contributed by atoms with Crippen LogP contribution in [0.1, 0.15) is 21.7 Å². The number of aromatic nitrogens is 3. The summed E-state index contributed by atoms with van der Waals surface area (Å²) in [5.41, 5.74) is 0.799. The molecule has 1 aromatic heterocycles. The summed E-state index contributed by atoms with van der Waals surface area (Å²) in [5.74, 6) is 0.253. The number of benzene rings is 1. The number of fused-ring (bicyclic) bond motifs is 1. The molecule has 94 valence electrons. The smallest absolute Gasteiger partial charge is 0.267 e. The highest BCUT2D eigenvalue weighted by atomic mass is 16.3. The van der Waals surface area contributed by atoms with Crippen molar-refractivity contribution in [3.05, 3.63) is 46.9 Å². The van der Waals surface area contributed by atoms with E-state index < -0.39 is 0 Å². The molecule has 0 amide bonds. The number of azo groups is 1. The van der Waals surface area contributed by atoms with Gasteiger partial charge in [0.1, 0.15) is 5.82 Å². The Kier molecular flexibility index (Phi) is 2.45. The zero-order valence-corrected chi connectivity index (χ0v) is 9.95. The summed E-state index contributed by atoms with van der Waals surface area (Å²) in [6.45, 7) is 1.72. The third-order valence-corrected chi connectivity index (χ3v) is 2.70. The fourth-order valence-corrected chi connectivity index (χ4v) is 1.82. The van der Waals surface area contributed by atoms with Crippen LogP contribution in [0.2, 0.25) is 0 Å². The van der Waals surface area contributed by atoms with Gasteiger partial charge in [-0.15, -0.1) is 20.4 Å². The van der Waals surface area contributed by atoms with Gasteiger partial charge in [-0.3, -0.25) is 4.79 Å². The molecule has 1 aromatic carbocycles. The summed E-state index contributed by atoms with van der Waals surface area (Å²) in [4.78, 5) is 14.8. The molecule has 3 rings (SSSR count). The van der Waals surface area contributed by atoms with E-state index in [9.17, 15) is 9.90 Å². The van der Waals surface area contributed by atoms with Crippen molar-refractivity contribution in [3.8, 4) is 0 Å². The first-order chi connectivity index (χ1) is 9.16. The van der Waals surface area contributed by atoms with Crippen molar-refractivity contribution in [2.45, 2.75) is 6.92 Å². The van der Waals surface area contributed by atoms with E-state index in [1.807, 2.05) is 0 Å². The largest absolute Gasteiger partial charge is 0.505 e. The monoisotopic (exact) mass is 255 g/mol. The zero-order valence-electron chi connectivity index (χ0n) is 9.95. The van der Waals surface area contributed by atoms with Gasteiger partial charge in [-0.25, -0.2) is 0 Å². The van der Waals surface area contributed by atoms with E-state index in [2.05, 4.69) is 25.4 Å². The van der Waals surface area contributed by atoms with Crippen LogP contribution in [0.15, 0.2) is 40.2 Å². The van der Waals surface area contributed by atoms with Crippen LogP contribution in [0.25, 0.3) is 5.76 Å². The van der Waals surface area contributed by atoms with Gasteiger partial charge in [0.2, 0.25) is 5.78 Å². The Labute approximate surface area is 107 Å². The lowest BCUT2D eigenvalue weighted by Crippen LogP contribution is -1.95. The zero-order chi connectivity index (χ0) is 13.4. The molecular weight excluding hydrogens is 246 g/mol. The minimum Gasteiger partial charge on any atom is -0.505 e. The number of nitrogens with zero attached hydrogens (tertiary/aromatic N) is 4. The number of aromatic amines is 1. The second-order valence-corrected chi connectivity index (χ2v) is 4.01. The summed E-state index contributed by atoms with van der Waals surface area (Å²) in [6, 6.07) is 6.75. The Morgan fingerprint density at radius 2 is 1.89 bits per heavy atom. The van der Waals surface area contributed by atoms with Crippen LogP contribution in [0.4, 0.5) is 5.95 Å². The maximum Gasteiger partial charge on any atom is 0.267 e. The molecular formula is C12H9N5O2. The molecule has 0 bridgehead atoms. The number of hydrogen-bond acceptors (Lipinski definition) is 6. The Morgan fingerprint density at radius 1 is 1.16 bits per heavy atom. The van der Waals surface area contributed by atoms with Crippen LogP contribution in [-0.4, -0.2) is 26.1 Å². The van der Waals surface area contributed by atoms with Crippen LogP contribution >= 0.6 is 0 Å². The molecule has 1 aliphatic carbocycles. The summed E-state index contributed by atoms with van der Waals surface area (Å²) in [5, 5.41) is 24.9. The fourth-order valence-electron chi connectivity index (χ4n) is 1.82. The predicted molar refractivity (Wildman–Crippen MR) is 66.0 cm³/mol. The van der Waals surface area contributed by atoms with Gasteiger partial charge in [0.05, 0.1) is 0 Å². The molecule has 0 fully saturated rings. The van der Waals surface area contributed by atoms with Crippen LogP contribution in [0.5, 0.6) is 0 Å². The number of aliphatic hydroxyl groups is 1. The van der Waals surface area contributed by atoms with Gasteiger partial charge in [-0.05, 0) is 6.92 Å². The number of aliphatic hydroxyl groups excluding tert-OH is 1. The Morgan fingerprint density at radius 3 is 2.53 bits per heavy atom. The van der Waals surface area contributed by atoms with Gasteiger partial charge < -0.3 is 10.1 Å². The minimum absolute atomic E-state index is 0.0877. The lowest BCUT2D eigenvalue weighted by molar-refractivity contribution is 0.103. The minimum atomic E-state index is -0.354. The van der Waals surface area contributed by atoms with Crippen LogP contribution < -0.4 is 0 Å². The summed E-state index contributed by atoms with van der Waals surface area (Å²) >= 11 is 0. The quantitative estimate of drug-likeness (QED) is 0.803. The second-order valence-electron chi connectivity index (χ2n) is 4.01. The first-order valence-electron chi connectivity index (χ1n) is 5.55. The number of aryl methyl sites for hydroxylation is 1. The van der Waals surface area contributed by atoms with Crippen molar-refractivity contribution in [2.75, 3.05) is 0 Å². The number of carbonyl (C=O) groups excluding carboxylic acids is 1. The van der Waals surface area contributed by atoms with Gasteiger partial charge in [0, 0.05) is 11.1 Å². The number of ketones is 1. The maximum absolute atomic E-state index is 12.0. The average Bonchev–Trinajstić information content (AvgIpc) is 2.93. The topological polar surface area (TPSA) is 104 Å². The lowest BCUT2D eigenvalue weighted by Gasteiger charge is -1.94. The first kappa shape index (κ1) is 11.3. The van der Waals surface area contributed by atoms with Crippen molar-refractivity contribution in [3.63, 3.8) is 0 Å². The molecule has 1 aliphatic rings. The summed E-state index contributed by atoms with van der Waals surface area (Å²) < 4.78 is 0. The number of H-pyrrole nitrogens is 1. The van der Waals surface area contributed by atoms with Gasteiger partial charge in [0.15, 0.2) is 11.5 Å². The summed E-state index contributed by atoms with van der Waals surface area (Å²) in [7, 11) is 0. The van der Waals surface area contributed by atoms with E-state index in [-0.39, 0.29) is 23.2 Å². The highest BCUT2D eigenvalue weighted by Crippen LogP contribution is 2.31. The molecule has 7 nitrogen and oxygen atoms in total. The van der Waals surface area contributed by atoms with Crippen LogP contribution in [0, 0.1) is 6.92 Å². The second kappa shape index (κ2) is 4.13. The molecule has 2 N–H and O–H groups in total. The number of carbonyl (C=O) groups is 1. The molecule has 1 heterocycles. The molecule has 0 saturated carbocycles. The molecule has 0 spiro atoms. The average molecular weight is 255 g/mol. The molecule has 0 radical (unpaired) electrons. The maximum atomic E-state index is 12.0. The lowest BCUT2D eigenvalue weighted by atomic mass is 10.1. The van der Waals surface area contributed by atoms with Crippen molar-refractivity contribution >= 4 is 17.5 Å². The van der Waals surface area contributed by atoms with Crippen LogP contribution in [-0.2, 0) is 0 Å². The normalized spacial score (nSPS) is 14.5. The van der Waals surface area contributed by atoms with Crippen molar-refractivity contribution in [1.29, 1.82) is 0 Å². The van der Waals surface area contributed by atoms with Crippen molar-refractivity contribution in [1.82, 2.24) is 15.2 Å². The third-order valence-electron chi connectivity index (χ3n) is 2.70. The Hall–Kier alpha value is -2.83. The Balaban J connectivity index is 1.97. The molecule has 0 aliphatic heterocycles. The number of Topliss-reactive ketones (excluding diaryl/α,β-unsaturated/α-hetero) is 1. The van der Waals surface area contributed by atoms with E-state index in [1.165, 1.54) is 0 Å². The molecule has 0 atom stereocenters. The van der Waals surface area contributed by atoms with Gasteiger partial charge in [0.25, 0.3) is 5.95 Å². The fraction of sp³-hybridized carbons (Fsp3) is 0.0833. The third kappa shape index (κ3) is 1.81. The highest BCUT2D eigenvalue weighted by Gasteiger charge is 2.29. The predicted octanol–water partition coefficient (Wildman–Crippen LogP) is 2.32. The molecule has 0 saturated heterocycles. The van der Waals surface area contributed by atoms with E-state index >= 15 is 0 Å². The van der Waals surface area contributed by atoms with E-state index in [1.54, 1.807) is 31.2 Å². The first-order valence-corrected chi connectivity index (χ1v) is 5.55. The number of rotatable bonds is 2. The number of nitrogens with one attached hydrogen (secondary N) is 1. The number of allylic oxidation sites excluding steroid dienone is 1. The highest BCUT2D eigenvalue weighted by molar-refractivity contribution is 6.19. The van der Waals surface area contributed by atoms with Gasteiger partial charge >= 0.3 is 0 Å². The van der Waals surface area contributed by atoms with E-state index in [0.717, 1.165) is 0 Å². The molecule has 2 aromatic rings. The van der Waals surface area contributed by atoms with E-state index in [0.29, 0.717) is 17.0 Å². The SMILES string of the molecule is Cc1nnc(/N=N/C2=C(O)c3ccccc3C2=O)[nH]1.